The van der Waals surface area contributed by atoms with Gasteiger partial charge in [-0.15, -0.1) is 11.3 Å². The molecule has 158 valence electrons. The molecule has 6 nitrogen and oxygen atoms in total. The van der Waals surface area contributed by atoms with Gasteiger partial charge in [-0.2, -0.15) is 4.31 Å². The van der Waals surface area contributed by atoms with Gasteiger partial charge in [-0.05, 0) is 37.5 Å². The van der Waals surface area contributed by atoms with Crippen LogP contribution in [0.4, 0.5) is 0 Å². The summed E-state index contributed by atoms with van der Waals surface area (Å²) in [7, 11) is -1.94. The van der Waals surface area contributed by atoms with E-state index in [1.165, 1.54) is 15.6 Å². The molecule has 0 saturated carbocycles. The van der Waals surface area contributed by atoms with E-state index in [1.54, 1.807) is 18.1 Å². The zero-order chi connectivity index (χ0) is 20.9. The van der Waals surface area contributed by atoms with Gasteiger partial charge in [0.05, 0.1) is 12.5 Å². The van der Waals surface area contributed by atoms with Gasteiger partial charge in [0.15, 0.2) is 0 Å². The first-order valence-corrected chi connectivity index (χ1v) is 12.1. The van der Waals surface area contributed by atoms with Crippen LogP contribution < -0.4 is 0 Å². The molecule has 0 N–H and O–H groups in total. The number of carbonyl (C=O) groups excluding carboxylic acids is 1. The lowest BCUT2D eigenvalue weighted by Gasteiger charge is -2.34. The average Bonchev–Trinajstić information content (AvgIpc) is 3.18. The minimum atomic E-state index is -3.55. The van der Waals surface area contributed by atoms with Crippen molar-refractivity contribution in [2.24, 2.45) is 5.92 Å². The maximum absolute atomic E-state index is 13.3. The third kappa shape index (κ3) is 5.45. The molecule has 1 saturated heterocycles. The van der Waals surface area contributed by atoms with E-state index < -0.39 is 10.0 Å². The lowest BCUT2D eigenvalue weighted by Crippen LogP contribution is -2.47. The number of hydrogen-bond donors (Lipinski definition) is 0. The maximum atomic E-state index is 13.3. The van der Waals surface area contributed by atoms with Crippen LogP contribution in [-0.2, 0) is 26.1 Å². The molecule has 0 aliphatic carbocycles. The summed E-state index contributed by atoms with van der Waals surface area (Å²) < 4.78 is 33.0. The molecule has 1 aromatic heterocycles. The lowest BCUT2D eigenvalue weighted by atomic mass is 9.97. The van der Waals surface area contributed by atoms with Gasteiger partial charge < -0.3 is 9.64 Å². The topological polar surface area (TPSA) is 66.9 Å². The molecule has 8 heteroatoms. The number of nitrogens with zero attached hydrogens (tertiary/aromatic N) is 2. The Labute approximate surface area is 177 Å². The van der Waals surface area contributed by atoms with Gasteiger partial charge in [-0.1, -0.05) is 30.3 Å². The summed E-state index contributed by atoms with van der Waals surface area (Å²) in [5.41, 5.74) is 1.05. The second-order valence-electron chi connectivity index (χ2n) is 7.31. The van der Waals surface area contributed by atoms with E-state index in [0.717, 1.165) is 10.4 Å². The highest BCUT2D eigenvalue weighted by Crippen LogP contribution is 2.29. The van der Waals surface area contributed by atoms with Crippen LogP contribution in [0.5, 0.6) is 0 Å². The van der Waals surface area contributed by atoms with Crippen molar-refractivity contribution in [1.29, 1.82) is 0 Å². The smallest absolute Gasteiger partial charge is 0.252 e. The van der Waals surface area contributed by atoms with Crippen LogP contribution in [0.15, 0.2) is 46.7 Å². The fraction of sp³-hybridized carbons (Fsp3) is 0.476. The monoisotopic (exact) mass is 436 g/mol. The number of hydrogen-bond acceptors (Lipinski definition) is 5. The normalized spacial score (nSPS) is 17.9. The summed E-state index contributed by atoms with van der Waals surface area (Å²) in [5, 5.41) is 0. The predicted octanol–water partition coefficient (Wildman–Crippen LogP) is 3.13. The first kappa shape index (κ1) is 22.0. The molecule has 0 spiro atoms. The lowest BCUT2D eigenvalue weighted by molar-refractivity contribution is -0.138. The molecule has 1 aliphatic rings. The summed E-state index contributed by atoms with van der Waals surface area (Å²) in [6.45, 7) is 4.01. The Hall–Kier alpha value is -1.74. The van der Waals surface area contributed by atoms with E-state index in [0.29, 0.717) is 43.3 Å². The van der Waals surface area contributed by atoms with Gasteiger partial charge in [0.2, 0.25) is 5.91 Å². The highest BCUT2D eigenvalue weighted by atomic mass is 32.2. The van der Waals surface area contributed by atoms with Crippen LogP contribution in [-0.4, -0.2) is 56.9 Å². The number of aryl methyl sites for hydroxylation is 1. The molecule has 2 heterocycles. The third-order valence-electron chi connectivity index (χ3n) is 5.14. The molecule has 1 unspecified atom stereocenters. The summed E-state index contributed by atoms with van der Waals surface area (Å²) in [6, 6.07) is 13.3. The number of carbonyl (C=O) groups is 1. The number of thiophene rings is 1. The number of amides is 1. The first-order valence-electron chi connectivity index (χ1n) is 9.80. The zero-order valence-electron chi connectivity index (χ0n) is 16.9. The molecule has 1 aliphatic heterocycles. The molecule has 1 aromatic carbocycles. The summed E-state index contributed by atoms with van der Waals surface area (Å²) in [6.07, 6.45) is 1.38. The number of ether oxygens (including phenoxy) is 1. The van der Waals surface area contributed by atoms with Gasteiger partial charge in [-0.25, -0.2) is 8.42 Å². The number of piperidine rings is 1. The molecule has 29 heavy (non-hydrogen) atoms. The fourth-order valence-electron chi connectivity index (χ4n) is 3.57. The molecule has 1 atom stereocenters. The van der Waals surface area contributed by atoms with Crippen molar-refractivity contribution in [2.45, 2.75) is 30.5 Å². The van der Waals surface area contributed by atoms with Crippen molar-refractivity contribution >= 4 is 27.3 Å². The molecular weight excluding hydrogens is 408 g/mol. The van der Waals surface area contributed by atoms with E-state index >= 15 is 0 Å². The quantitative estimate of drug-likeness (QED) is 0.638. The Balaban J connectivity index is 1.73. The molecule has 0 radical (unpaired) electrons. The minimum absolute atomic E-state index is 0.00633. The average molecular weight is 437 g/mol. The van der Waals surface area contributed by atoms with E-state index in [2.05, 4.69) is 0 Å². The van der Waals surface area contributed by atoms with Crippen LogP contribution in [0.1, 0.15) is 23.3 Å². The second kappa shape index (κ2) is 9.84. The summed E-state index contributed by atoms with van der Waals surface area (Å²) in [4.78, 5) is 16.0. The van der Waals surface area contributed by atoms with E-state index in [9.17, 15) is 13.2 Å². The first-order chi connectivity index (χ1) is 13.9. The molecular formula is C21H28N2O4S2. The summed E-state index contributed by atoms with van der Waals surface area (Å²) in [5.74, 6) is -0.340. The third-order valence-corrected chi connectivity index (χ3v) is 8.47. The molecule has 1 amide bonds. The molecule has 2 aromatic rings. The van der Waals surface area contributed by atoms with Crippen LogP contribution in [0.3, 0.4) is 0 Å². The Morgan fingerprint density at radius 2 is 2.00 bits per heavy atom. The van der Waals surface area contributed by atoms with Gasteiger partial charge in [0.1, 0.15) is 4.21 Å². The van der Waals surface area contributed by atoms with Crippen molar-refractivity contribution in [3.8, 4) is 0 Å². The zero-order valence-corrected chi connectivity index (χ0v) is 18.5. The van der Waals surface area contributed by atoms with Crippen molar-refractivity contribution in [3.05, 3.63) is 52.9 Å². The number of rotatable bonds is 8. The van der Waals surface area contributed by atoms with Crippen LogP contribution in [0.25, 0.3) is 0 Å². The van der Waals surface area contributed by atoms with E-state index in [-0.39, 0.29) is 18.4 Å². The Bertz CT molecular complexity index is 912. The largest absolute Gasteiger partial charge is 0.383 e. The Morgan fingerprint density at radius 1 is 1.24 bits per heavy atom. The Kier molecular flexibility index (Phi) is 7.45. The maximum Gasteiger partial charge on any atom is 0.252 e. The molecule has 1 fully saturated rings. The summed E-state index contributed by atoms with van der Waals surface area (Å²) >= 11 is 1.28. The second-order valence-corrected chi connectivity index (χ2v) is 10.8. The number of sulfonamides is 1. The van der Waals surface area contributed by atoms with Crippen LogP contribution in [0, 0.1) is 12.8 Å². The standard InChI is InChI=1S/C21H28N2O4S2/c1-17-10-11-20(28-17)29(25,26)23-12-6-9-19(16-23)21(24)22(13-14-27-2)15-18-7-4-3-5-8-18/h3-5,7-8,10-11,19H,6,9,12-16H2,1-2H3. The van der Waals surface area contributed by atoms with E-state index in [4.69, 9.17) is 4.74 Å². The van der Waals surface area contributed by atoms with Gasteiger partial charge in [0, 0.05) is 38.2 Å². The van der Waals surface area contributed by atoms with Crippen molar-refractivity contribution in [2.75, 3.05) is 33.4 Å². The predicted molar refractivity (Wildman–Crippen MR) is 114 cm³/mol. The molecule has 0 bridgehead atoms. The van der Waals surface area contributed by atoms with Gasteiger partial charge in [-0.3, -0.25) is 4.79 Å². The van der Waals surface area contributed by atoms with Crippen molar-refractivity contribution in [3.63, 3.8) is 0 Å². The van der Waals surface area contributed by atoms with E-state index in [1.807, 2.05) is 43.3 Å². The van der Waals surface area contributed by atoms with Gasteiger partial charge >= 0.3 is 0 Å². The Morgan fingerprint density at radius 3 is 2.66 bits per heavy atom. The highest BCUT2D eigenvalue weighted by Gasteiger charge is 2.35. The number of benzene rings is 1. The minimum Gasteiger partial charge on any atom is -0.383 e. The van der Waals surface area contributed by atoms with Crippen LogP contribution >= 0.6 is 11.3 Å². The van der Waals surface area contributed by atoms with Crippen LogP contribution in [0.2, 0.25) is 0 Å². The van der Waals surface area contributed by atoms with Crippen molar-refractivity contribution < 1.29 is 17.9 Å². The fourth-order valence-corrected chi connectivity index (χ4v) is 6.53. The van der Waals surface area contributed by atoms with Gasteiger partial charge in [0.25, 0.3) is 10.0 Å². The molecule has 3 rings (SSSR count). The highest BCUT2D eigenvalue weighted by molar-refractivity contribution is 7.91. The number of methoxy groups -OCH3 is 1. The SMILES string of the molecule is COCCN(Cc1ccccc1)C(=O)C1CCCN(S(=O)(=O)c2ccc(C)s2)C1. The van der Waals surface area contributed by atoms with Crippen molar-refractivity contribution in [1.82, 2.24) is 9.21 Å².